The molecule has 0 aliphatic carbocycles. The molecular weight excluding hydrogens is 575 g/mol. The van der Waals surface area contributed by atoms with E-state index in [4.69, 9.17) is 4.43 Å². The van der Waals surface area contributed by atoms with Gasteiger partial charge in [-0.25, -0.2) is 4.98 Å². The van der Waals surface area contributed by atoms with E-state index < -0.39 is 31.9 Å². The fourth-order valence-electron chi connectivity index (χ4n) is 5.02. The molecule has 0 bridgehead atoms. The van der Waals surface area contributed by atoms with Crippen molar-refractivity contribution in [3.05, 3.63) is 46.0 Å². The molecule has 0 unspecified atom stereocenters. The molecule has 0 amide bonds. The topological polar surface area (TPSA) is 99.9 Å². The number of carbonyl (C=O) groups is 1. The third kappa shape index (κ3) is 12.1. The number of carbonyl (C=O) groups excluding carboxylic acids is 1. The number of nitrogens with zero attached hydrogens (tertiary/aromatic N) is 1. The molecule has 246 valence electrons. The van der Waals surface area contributed by atoms with Crippen molar-refractivity contribution in [2.24, 2.45) is 17.3 Å². The van der Waals surface area contributed by atoms with Gasteiger partial charge in [-0.3, -0.25) is 4.79 Å². The molecule has 0 spiro atoms. The summed E-state index contributed by atoms with van der Waals surface area (Å²) in [5.74, 6) is -0.918. The van der Waals surface area contributed by atoms with E-state index in [0.717, 1.165) is 36.4 Å². The first kappa shape index (κ1) is 39.6. The van der Waals surface area contributed by atoms with Gasteiger partial charge in [-0.2, -0.15) is 0 Å². The van der Waals surface area contributed by atoms with Gasteiger partial charge in [0.15, 0.2) is 8.32 Å². The van der Waals surface area contributed by atoms with Crippen molar-refractivity contribution >= 4 is 31.5 Å². The van der Waals surface area contributed by atoms with Gasteiger partial charge in [0.2, 0.25) is 0 Å². The van der Waals surface area contributed by atoms with Crippen molar-refractivity contribution in [1.82, 2.24) is 4.98 Å². The molecule has 8 heteroatoms. The third-order valence-corrected chi connectivity index (χ3v) is 14.6. The van der Waals surface area contributed by atoms with Crippen LogP contribution in [0.4, 0.5) is 0 Å². The van der Waals surface area contributed by atoms with E-state index in [1.807, 2.05) is 13.8 Å². The quantitative estimate of drug-likeness (QED) is 0.105. The molecule has 1 aromatic rings. The number of thiazole rings is 1. The number of aromatic nitrogens is 1. The van der Waals surface area contributed by atoms with Crippen LogP contribution < -0.4 is 0 Å². The molecule has 1 aromatic heterocycles. The highest BCUT2D eigenvalue weighted by atomic mass is 32.1. The molecule has 3 N–H and O–H groups in total. The van der Waals surface area contributed by atoms with E-state index in [1.165, 1.54) is 11.1 Å². The highest BCUT2D eigenvalue weighted by Gasteiger charge is 2.42. The second kappa shape index (κ2) is 17.3. The normalized spacial score (nSPS) is 17.3. The summed E-state index contributed by atoms with van der Waals surface area (Å²) < 4.78 is 6.90. The van der Waals surface area contributed by atoms with Crippen LogP contribution in [-0.2, 0) is 9.22 Å². The number of hydrogen-bond acceptors (Lipinski definition) is 7. The fourth-order valence-corrected chi connectivity index (χ4v) is 6.94. The summed E-state index contributed by atoms with van der Waals surface area (Å²) in [5, 5.41) is 34.2. The lowest BCUT2D eigenvalue weighted by molar-refractivity contribution is -0.142. The summed E-state index contributed by atoms with van der Waals surface area (Å²) in [6.07, 6.45) is 8.12. The SMILES string of the molecule is C=CC[C@@H](C(=O)C(C)(C)[C@@H](O)CCO)[C@@H](O)[C@@H](C)CCCC(C)=CC[C@H](O[Si](C)(C)C(C)(C)C)C(C)=Cc1csc(C)n1. The van der Waals surface area contributed by atoms with Crippen molar-refractivity contribution < 1.29 is 24.5 Å². The first-order chi connectivity index (χ1) is 19.8. The van der Waals surface area contributed by atoms with Gasteiger partial charge in [-0.1, -0.05) is 59.3 Å². The van der Waals surface area contributed by atoms with Crippen LogP contribution in [0.15, 0.2) is 35.3 Å². The van der Waals surface area contributed by atoms with Crippen molar-refractivity contribution in [3.8, 4) is 0 Å². The summed E-state index contributed by atoms with van der Waals surface area (Å²) >= 11 is 1.66. The molecule has 43 heavy (non-hydrogen) atoms. The number of aryl methyl sites for hydroxylation is 1. The van der Waals surface area contributed by atoms with E-state index >= 15 is 0 Å². The molecule has 0 aromatic carbocycles. The highest BCUT2D eigenvalue weighted by molar-refractivity contribution is 7.09. The second-order valence-electron chi connectivity index (χ2n) is 14.4. The van der Waals surface area contributed by atoms with Crippen LogP contribution in [0.5, 0.6) is 0 Å². The maximum Gasteiger partial charge on any atom is 0.192 e. The summed E-state index contributed by atoms with van der Waals surface area (Å²) in [5.41, 5.74) is 2.39. The monoisotopic (exact) mass is 635 g/mol. The lowest BCUT2D eigenvalue weighted by Crippen LogP contribution is -2.46. The van der Waals surface area contributed by atoms with E-state index in [2.05, 4.69) is 76.8 Å². The molecule has 0 fully saturated rings. The summed E-state index contributed by atoms with van der Waals surface area (Å²) in [6.45, 7) is 26.7. The number of allylic oxidation sites excluding steroid dienone is 2. The number of Topliss-reactive ketones (excluding diaryl/α,β-unsaturated/α-hetero) is 1. The molecule has 6 nitrogen and oxygen atoms in total. The Bertz CT molecular complexity index is 1080. The van der Waals surface area contributed by atoms with Gasteiger partial charge in [-0.15, -0.1) is 17.9 Å². The Morgan fingerprint density at radius 2 is 1.77 bits per heavy atom. The lowest BCUT2D eigenvalue weighted by atomic mass is 9.71. The minimum atomic E-state index is -2.00. The number of hydrogen-bond donors (Lipinski definition) is 3. The minimum Gasteiger partial charge on any atom is -0.410 e. The number of ketones is 1. The Morgan fingerprint density at radius 1 is 1.14 bits per heavy atom. The average Bonchev–Trinajstić information content (AvgIpc) is 3.32. The predicted octanol–water partition coefficient (Wildman–Crippen LogP) is 8.28. The fraction of sp³-hybridized carbons (Fsp3) is 0.714. The Labute approximate surface area is 267 Å². The van der Waals surface area contributed by atoms with Gasteiger partial charge in [0.05, 0.1) is 29.0 Å². The largest absolute Gasteiger partial charge is 0.410 e. The van der Waals surface area contributed by atoms with Gasteiger partial charge >= 0.3 is 0 Å². The van der Waals surface area contributed by atoms with Crippen LogP contribution >= 0.6 is 11.3 Å². The van der Waals surface area contributed by atoms with Crippen molar-refractivity contribution in [3.63, 3.8) is 0 Å². The maximum absolute atomic E-state index is 13.4. The van der Waals surface area contributed by atoms with Crippen LogP contribution in [0.1, 0.15) is 105 Å². The number of rotatable bonds is 19. The molecule has 5 atom stereocenters. The third-order valence-electron chi connectivity index (χ3n) is 9.30. The Kier molecular flexibility index (Phi) is 16.0. The first-order valence-corrected chi connectivity index (χ1v) is 19.6. The predicted molar refractivity (Wildman–Crippen MR) is 185 cm³/mol. The standard InChI is InChI=1S/C35H61NO5SSi/c1-13-15-29(33(40)35(9,10)31(38)20-21-37)32(39)25(3)17-14-16-24(2)18-19-30(41-43(11,12)34(6,7)8)26(4)22-28-23-42-27(5)36-28/h13,18,22-23,25,29-32,37-39H,1,14-17,19-21H2,2-12H3/t25-,29+,30-,31-,32-/m0/s1. The second-order valence-corrected chi connectivity index (χ2v) is 20.3. The van der Waals surface area contributed by atoms with E-state index in [1.54, 1.807) is 31.3 Å². The smallest absolute Gasteiger partial charge is 0.192 e. The van der Waals surface area contributed by atoms with Crippen molar-refractivity contribution in [1.29, 1.82) is 0 Å². The molecular formula is C35H61NO5SSi. The van der Waals surface area contributed by atoms with E-state index in [-0.39, 0.29) is 35.9 Å². The molecule has 0 radical (unpaired) electrons. The Hall–Kier alpha value is -1.42. The Balaban J connectivity index is 2.93. The molecule has 1 heterocycles. The van der Waals surface area contributed by atoms with Gasteiger partial charge in [0, 0.05) is 23.3 Å². The summed E-state index contributed by atoms with van der Waals surface area (Å²) in [7, 11) is -2.00. The molecule has 0 aliphatic heterocycles. The van der Waals surface area contributed by atoms with Crippen LogP contribution in [0, 0.1) is 24.2 Å². The zero-order valence-electron chi connectivity index (χ0n) is 28.9. The van der Waals surface area contributed by atoms with E-state index in [9.17, 15) is 20.1 Å². The first-order valence-electron chi connectivity index (χ1n) is 15.8. The van der Waals surface area contributed by atoms with Crippen LogP contribution in [0.2, 0.25) is 18.1 Å². The minimum absolute atomic E-state index is 0.0196. The number of aliphatic hydroxyl groups is 3. The van der Waals surface area contributed by atoms with Crippen molar-refractivity contribution in [2.45, 2.75) is 137 Å². The molecule has 0 saturated heterocycles. The average molecular weight is 636 g/mol. The van der Waals surface area contributed by atoms with Crippen LogP contribution in [0.25, 0.3) is 6.08 Å². The zero-order valence-corrected chi connectivity index (χ0v) is 30.7. The van der Waals surface area contributed by atoms with Crippen molar-refractivity contribution in [2.75, 3.05) is 6.61 Å². The summed E-state index contributed by atoms with van der Waals surface area (Å²) in [6, 6.07) is 0. The van der Waals surface area contributed by atoms with Gasteiger partial charge in [0.25, 0.3) is 0 Å². The highest BCUT2D eigenvalue weighted by Crippen LogP contribution is 2.39. The van der Waals surface area contributed by atoms with Crippen LogP contribution in [-0.4, -0.2) is 59.3 Å². The molecule has 0 saturated carbocycles. The zero-order chi connectivity index (χ0) is 33.2. The van der Waals surface area contributed by atoms with Gasteiger partial charge in [-0.05, 0) is 95.0 Å². The van der Waals surface area contributed by atoms with Gasteiger partial charge in [0.1, 0.15) is 5.78 Å². The molecule has 1 rings (SSSR count). The van der Waals surface area contributed by atoms with Gasteiger partial charge < -0.3 is 19.7 Å². The lowest BCUT2D eigenvalue weighted by Gasteiger charge is -2.39. The maximum atomic E-state index is 13.4. The summed E-state index contributed by atoms with van der Waals surface area (Å²) in [4.78, 5) is 18.0. The van der Waals surface area contributed by atoms with E-state index in [0.29, 0.717) is 6.42 Å². The molecule has 0 aliphatic rings. The van der Waals surface area contributed by atoms with Crippen LogP contribution in [0.3, 0.4) is 0 Å². The number of aliphatic hydroxyl groups excluding tert-OH is 3. The Morgan fingerprint density at radius 3 is 2.28 bits per heavy atom.